The topological polar surface area (TPSA) is 24.9 Å². The van der Waals surface area contributed by atoms with Crippen LogP contribution in [0, 0.1) is 12.7 Å². The number of pyridine rings is 1. The number of nitrogens with one attached hydrogen (secondary N) is 1. The van der Waals surface area contributed by atoms with Crippen molar-refractivity contribution in [3.63, 3.8) is 0 Å². The molecule has 1 N–H and O–H groups in total. The molecule has 4 heteroatoms. The maximum absolute atomic E-state index is 13.2. The zero-order valence-electron chi connectivity index (χ0n) is 10.2. The summed E-state index contributed by atoms with van der Waals surface area (Å²) >= 11 is 3.44. The van der Waals surface area contributed by atoms with Crippen LogP contribution in [0.25, 0.3) is 0 Å². The minimum Gasteiger partial charge on any atom is -0.309 e. The fourth-order valence-corrected chi connectivity index (χ4v) is 2.53. The summed E-state index contributed by atoms with van der Waals surface area (Å²) in [5.74, 6) is -0.317. The number of aromatic nitrogens is 1. The Morgan fingerprint density at radius 3 is 2.67 bits per heavy atom. The highest BCUT2D eigenvalue weighted by Crippen LogP contribution is 2.26. The third-order valence-electron chi connectivity index (χ3n) is 2.89. The first-order chi connectivity index (χ1) is 8.61. The van der Waals surface area contributed by atoms with Gasteiger partial charge in [-0.2, -0.15) is 0 Å². The van der Waals surface area contributed by atoms with Gasteiger partial charge in [-0.05, 0) is 48.9 Å². The summed E-state index contributed by atoms with van der Waals surface area (Å²) in [7, 11) is 1.86. The summed E-state index contributed by atoms with van der Waals surface area (Å²) in [5.41, 5.74) is 3.09. The zero-order chi connectivity index (χ0) is 13.1. The molecule has 0 aliphatic carbocycles. The number of hydrogen-bond donors (Lipinski definition) is 1. The standard InChI is InChI=1S/C14H14BrFN2/c1-9-5-11(15)3-4-13(9)14(17-2)10-6-12(16)8-18-7-10/h3-8,14,17H,1-2H3. The second-order valence-corrected chi connectivity index (χ2v) is 5.07. The molecule has 0 aliphatic rings. The van der Waals surface area contributed by atoms with Crippen LogP contribution in [0.2, 0.25) is 0 Å². The van der Waals surface area contributed by atoms with Gasteiger partial charge in [-0.25, -0.2) is 4.39 Å². The van der Waals surface area contributed by atoms with E-state index in [-0.39, 0.29) is 11.9 Å². The molecule has 1 unspecified atom stereocenters. The van der Waals surface area contributed by atoms with Crippen molar-refractivity contribution in [1.82, 2.24) is 10.3 Å². The monoisotopic (exact) mass is 308 g/mol. The normalized spacial score (nSPS) is 12.4. The molecular formula is C14H14BrFN2. The molecule has 0 aliphatic heterocycles. The summed E-state index contributed by atoms with van der Waals surface area (Å²) in [6, 6.07) is 7.52. The van der Waals surface area contributed by atoms with Gasteiger partial charge < -0.3 is 5.32 Å². The molecule has 1 aromatic carbocycles. The molecule has 0 radical (unpaired) electrons. The number of aryl methyl sites for hydroxylation is 1. The van der Waals surface area contributed by atoms with Gasteiger partial charge in [0.25, 0.3) is 0 Å². The molecule has 1 atom stereocenters. The Bertz CT molecular complexity index is 557. The lowest BCUT2D eigenvalue weighted by atomic mass is 9.96. The quantitative estimate of drug-likeness (QED) is 0.937. The van der Waals surface area contributed by atoms with Gasteiger partial charge in [0.1, 0.15) is 5.82 Å². The van der Waals surface area contributed by atoms with Crippen LogP contribution < -0.4 is 5.32 Å². The second-order valence-electron chi connectivity index (χ2n) is 4.16. The van der Waals surface area contributed by atoms with Gasteiger partial charge >= 0.3 is 0 Å². The summed E-state index contributed by atoms with van der Waals surface area (Å²) in [4.78, 5) is 3.90. The molecule has 0 spiro atoms. The molecule has 2 rings (SSSR count). The summed E-state index contributed by atoms with van der Waals surface area (Å²) in [5, 5.41) is 3.20. The lowest BCUT2D eigenvalue weighted by Crippen LogP contribution is -2.19. The minimum absolute atomic E-state index is 0.0544. The predicted molar refractivity (Wildman–Crippen MR) is 74.0 cm³/mol. The molecule has 0 saturated heterocycles. The molecule has 1 heterocycles. The minimum atomic E-state index is -0.317. The maximum atomic E-state index is 13.2. The van der Waals surface area contributed by atoms with Gasteiger partial charge in [-0.3, -0.25) is 4.98 Å². The number of benzene rings is 1. The Labute approximate surface area is 114 Å². The molecule has 2 aromatic rings. The van der Waals surface area contributed by atoms with E-state index in [1.165, 1.54) is 12.3 Å². The van der Waals surface area contributed by atoms with Gasteiger partial charge in [0.05, 0.1) is 12.2 Å². The Morgan fingerprint density at radius 1 is 1.28 bits per heavy atom. The first-order valence-electron chi connectivity index (χ1n) is 5.65. The average Bonchev–Trinajstić information content (AvgIpc) is 2.33. The zero-order valence-corrected chi connectivity index (χ0v) is 11.8. The highest BCUT2D eigenvalue weighted by Gasteiger charge is 2.15. The van der Waals surface area contributed by atoms with Gasteiger partial charge in [0, 0.05) is 10.7 Å². The van der Waals surface area contributed by atoms with Crippen molar-refractivity contribution >= 4 is 15.9 Å². The van der Waals surface area contributed by atoms with Crippen molar-refractivity contribution in [3.05, 3.63) is 63.6 Å². The van der Waals surface area contributed by atoms with Crippen LogP contribution in [0.5, 0.6) is 0 Å². The second kappa shape index (κ2) is 5.59. The van der Waals surface area contributed by atoms with E-state index in [0.29, 0.717) is 0 Å². The Morgan fingerprint density at radius 2 is 2.06 bits per heavy atom. The van der Waals surface area contributed by atoms with Crippen molar-refractivity contribution < 1.29 is 4.39 Å². The number of nitrogens with zero attached hydrogens (tertiary/aromatic N) is 1. The van der Waals surface area contributed by atoms with Crippen LogP contribution in [0.4, 0.5) is 4.39 Å². The van der Waals surface area contributed by atoms with Gasteiger partial charge in [0.2, 0.25) is 0 Å². The van der Waals surface area contributed by atoms with E-state index in [0.717, 1.165) is 21.2 Å². The lowest BCUT2D eigenvalue weighted by molar-refractivity contribution is 0.608. The summed E-state index contributed by atoms with van der Waals surface area (Å²) < 4.78 is 14.3. The first-order valence-corrected chi connectivity index (χ1v) is 6.45. The number of rotatable bonds is 3. The van der Waals surface area contributed by atoms with E-state index >= 15 is 0 Å². The SMILES string of the molecule is CNC(c1cncc(F)c1)c1ccc(Br)cc1C. The van der Waals surface area contributed by atoms with Crippen molar-refractivity contribution in [2.45, 2.75) is 13.0 Å². The van der Waals surface area contributed by atoms with Crippen LogP contribution in [0.1, 0.15) is 22.7 Å². The predicted octanol–water partition coefficient (Wildman–Crippen LogP) is 3.60. The maximum Gasteiger partial charge on any atom is 0.141 e. The third-order valence-corrected chi connectivity index (χ3v) is 3.38. The van der Waals surface area contributed by atoms with Crippen LogP contribution in [-0.2, 0) is 0 Å². The smallest absolute Gasteiger partial charge is 0.141 e. The van der Waals surface area contributed by atoms with E-state index < -0.39 is 0 Å². The van der Waals surface area contributed by atoms with E-state index in [4.69, 9.17) is 0 Å². The van der Waals surface area contributed by atoms with Gasteiger partial charge in [-0.1, -0.05) is 22.0 Å². The van der Waals surface area contributed by atoms with E-state index in [1.54, 1.807) is 6.20 Å². The van der Waals surface area contributed by atoms with Gasteiger partial charge in [0.15, 0.2) is 0 Å². The third kappa shape index (κ3) is 2.76. The van der Waals surface area contributed by atoms with E-state index in [9.17, 15) is 4.39 Å². The number of hydrogen-bond acceptors (Lipinski definition) is 2. The van der Waals surface area contributed by atoms with Gasteiger partial charge in [-0.15, -0.1) is 0 Å². The van der Waals surface area contributed by atoms with Crippen LogP contribution in [-0.4, -0.2) is 12.0 Å². The summed E-state index contributed by atoms with van der Waals surface area (Å²) in [6.07, 6.45) is 2.90. The molecule has 0 saturated carbocycles. The molecule has 18 heavy (non-hydrogen) atoms. The molecule has 0 amide bonds. The lowest BCUT2D eigenvalue weighted by Gasteiger charge is -2.19. The fraction of sp³-hybridized carbons (Fsp3) is 0.214. The average molecular weight is 309 g/mol. The van der Waals surface area contributed by atoms with Crippen LogP contribution >= 0.6 is 15.9 Å². The molecular weight excluding hydrogens is 295 g/mol. The summed E-state index contributed by atoms with van der Waals surface area (Å²) in [6.45, 7) is 2.04. The molecule has 2 nitrogen and oxygen atoms in total. The van der Waals surface area contributed by atoms with Crippen molar-refractivity contribution in [2.75, 3.05) is 7.05 Å². The van der Waals surface area contributed by atoms with E-state index in [2.05, 4.69) is 26.2 Å². The largest absolute Gasteiger partial charge is 0.309 e. The molecule has 1 aromatic heterocycles. The van der Waals surface area contributed by atoms with Crippen LogP contribution in [0.3, 0.4) is 0 Å². The molecule has 94 valence electrons. The Kier molecular flexibility index (Phi) is 4.09. The number of halogens is 2. The first kappa shape index (κ1) is 13.2. The Hall–Kier alpha value is -1.26. The van der Waals surface area contributed by atoms with Crippen molar-refractivity contribution in [3.8, 4) is 0 Å². The highest BCUT2D eigenvalue weighted by atomic mass is 79.9. The van der Waals surface area contributed by atoms with E-state index in [1.807, 2.05) is 32.2 Å². The Balaban J connectivity index is 2.45. The van der Waals surface area contributed by atoms with Crippen molar-refractivity contribution in [2.24, 2.45) is 0 Å². The highest BCUT2D eigenvalue weighted by molar-refractivity contribution is 9.10. The molecule has 0 bridgehead atoms. The van der Waals surface area contributed by atoms with Crippen LogP contribution in [0.15, 0.2) is 41.1 Å². The fourth-order valence-electron chi connectivity index (χ4n) is 2.05. The van der Waals surface area contributed by atoms with Crippen molar-refractivity contribution in [1.29, 1.82) is 0 Å². The molecule has 0 fully saturated rings.